The van der Waals surface area contributed by atoms with Crippen LogP contribution in [0, 0.1) is 6.92 Å². The van der Waals surface area contributed by atoms with Crippen LogP contribution in [0.25, 0.3) is 11.3 Å². The van der Waals surface area contributed by atoms with Gasteiger partial charge < -0.3 is 10.5 Å². The molecule has 20 heavy (non-hydrogen) atoms. The molecule has 0 amide bonds. The molecule has 106 valence electrons. The molecule has 0 spiro atoms. The molecule has 6 heteroatoms. The highest BCUT2D eigenvalue weighted by Crippen LogP contribution is 2.36. The van der Waals surface area contributed by atoms with Crippen molar-refractivity contribution in [1.29, 1.82) is 0 Å². The molecule has 0 bridgehead atoms. The van der Waals surface area contributed by atoms with Gasteiger partial charge >= 0.3 is 0 Å². The van der Waals surface area contributed by atoms with Crippen LogP contribution in [0.3, 0.4) is 0 Å². The van der Waals surface area contributed by atoms with Crippen molar-refractivity contribution in [2.45, 2.75) is 26.9 Å². The van der Waals surface area contributed by atoms with E-state index in [1.54, 1.807) is 12.1 Å². The molecular weight excluding hydrogens is 297 g/mol. The Kier molecular flexibility index (Phi) is 4.35. The highest BCUT2D eigenvalue weighted by Gasteiger charge is 2.13. The number of hydrogen-bond donors (Lipinski definition) is 1. The van der Waals surface area contributed by atoms with E-state index in [2.05, 4.69) is 9.97 Å². The summed E-state index contributed by atoms with van der Waals surface area (Å²) in [4.78, 5) is 8.24. The topological polar surface area (TPSA) is 61.0 Å². The van der Waals surface area contributed by atoms with Gasteiger partial charge in [-0.2, -0.15) is 0 Å². The highest BCUT2D eigenvalue weighted by molar-refractivity contribution is 6.37. The van der Waals surface area contributed by atoms with Gasteiger partial charge in [-0.25, -0.2) is 9.97 Å². The number of hydrogen-bond acceptors (Lipinski definition) is 4. The summed E-state index contributed by atoms with van der Waals surface area (Å²) in [5.41, 5.74) is 7.80. The Labute approximate surface area is 127 Å². The molecule has 0 fully saturated rings. The summed E-state index contributed by atoms with van der Waals surface area (Å²) in [5.74, 6) is 0.772. The van der Waals surface area contributed by atoms with Crippen LogP contribution in [0.4, 0.5) is 5.95 Å². The van der Waals surface area contributed by atoms with E-state index in [1.165, 1.54) is 0 Å². The minimum atomic E-state index is 0.0127. The average Bonchev–Trinajstić information content (AvgIpc) is 2.30. The maximum atomic E-state index is 6.24. The zero-order chi connectivity index (χ0) is 14.9. The second-order valence-corrected chi connectivity index (χ2v) is 5.50. The lowest BCUT2D eigenvalue weighted by molar-refractivity contribution is 0.242. The summed E-state index contributed by atoms with van der Waals surface area (Å²) in [6.07, 6.45) is 0.0127. The number of aryl methyl sites for hydroxylation is 1. The van der Waals surface area contributed by atoms with Crippen LogP contribution in [0.5, 0.6) is 5.75 Å². The molecule has 1 aromatic heterocycles. The maximum absolute atomic E-state index is 6.24. The molecule has 0 saturated carbocycles. The molecule has 0 atom stereocenters. The first kappa shape index (κ1) is 14.9. The summed E-state index contributed by atoms with van der Waals surface area (Å²) in [6, 6.07) is 5.22. The Morgan fingerprint density at radius 2 is 1.80 bits per heavy atom. The number of halogens is 2. The molecule has 2 aromatic rings. The van der Waals surface area contributed by atoms with E-state index in [9.17, 15) is 0 Å². The number of ether oxygens (including phenoxy) is 1. The average molecular weight is 312 g/mol. The summed E-state index contributed by atoms with van der Waals surface area (Å²) >= 11 is 12.4. The van der Waals surface area contributed by atoms with Gasteiger partial charge in [0.1, 0.15) is 5.75 Å². The van der Waals surface area contributed by atoms with Gasteiger partial charge in [-0.3, -0.25) is 0 Å². The molecule has 0 radical (unpaired) electrons. The number of aromatic nitrogens is 2. The standard InChI is InChI=1S/C14H15Cl2N3O/c1-7(2)20-13-5-9(10(15)6-11(13)16)12-4-8(3)18-14(17)19-12/h4-7H,1-3H3,(H2,17,18,19). The van der Waals surface area contributed by atoms with Gasteiger partial charge in [0.05, 0.1) is 21.8 Å². The number of nitrogens with zero attached hydrogens (tertiary/aromatic N) is 2. The smallest absolute Gasteiger partial charge is 0.220 e. The molecule has 2 rings (SSSR count). The van der Waals surface area contributed by atoms with Crippen molar-refractivity contribution in [2.24, 2.45) is 0 Å². The number of benzene rings is 1. The van der Waals surface area contributed by atoms with E-state index in [4.69, 9.17) is 33.7 Å². The number of anilines is 1. The van der Waals surface area contributed by atoms with Gasteiger partial charge in [0.25, 0.3) is 0 Å². The van der Waals surface area contributed by atoms with Crippen molar-refractivity contribution < 1.29 is 4.74 Å². The third kappa shape index (κ3) is 3.32. The van der Waals surface area contributed by atoms with Crippen LogP contribution in [-0.4, -0.2) is 16.1 Å². The van der Waals surface area contributed by atoms with Crippen LogP contribution in [0.15, 0.2) is 18.2 Å². The Morgan fingerprint density at radius 1 is 1.10 bits per heavy atom. The SMILES string of the molecule is Cc1cc(-c2cc(OC(C)C)c(Cl)cc2Cl)nc(N)n1. The molecule has 0 aliphatic rings. The molecule has 2 N–H and O–H groups in total. The van der Waals surface area contributed by atoms with E-state index in [0.29, 0.717) is 27.1 Å². The summed E-state index contributed by atoms with van der Waals surface area (Å²) in [5, 5.41) is 0.954. The van der Waals surface area contributed by atoms with E-state index in [-0.39, 0.29) is 12.1 Å². The Morgan fingerprint density at radius 3 is 2.40 bits per heavy atom. The van der Waals surface area contributed by atoms with Crippen LogP contribution < -0.4 is 10.5 Å². The van der Waals surface area contributed by atoms with E-state index in [1.807, 2.05) is 26.8 Å². The third-order valence-electron chi connectivity index (χ3n) is 2.53. The molecular formula is C14H15Cl2N3O. The highest BCUT2D eigenvalue weighted by atomic mass is 35.5. The fraction of sp³-hybridized carbons (Fsp3) is 0.286. The van der Waals surface area contributed by atoms with E-state index < -0.39 is 0 Å². The van der Waals surface area contributed by atoms with Crippen LogP contribution in [-0.2, 0) is 0 Å². The van der Waals surface area contributed by atoms with Crippen LogP contribution in [0.2, 0.25) is 10.0 Å². The molecule has 1 heterocycles. The molecule has 1 aromatic carbocycles. The Bertz CT molecular complexity index is 624. The molecule has 0 saturated heterocycles. The van der Waals surface area contributed by atoms with Crippen LogP contribution in [0.1, 0.15) is 19.5 Å². The second kappa shape index (κ2) is 5.85. The molecule has 0 unspecified atom stereocenters. The zero-order valence-corrected chi connectivity index (χ0v) is 13.0. The first-order chi connectivity index (χ1) is 9.36. The third-order valence-corrected chi connectivity index (χ3v) is 3.14. The van der Waals surface area contributed by atoms with Gasteiger partial charge in [0, 0.05) is 11.3 Å². The lowest BCUT2D eigenvalue weighted by atomic mass is 10.1. The largest absolute Gasteiger partial charge is 0.489 e. The first-order valence-electron chi connectivity index (χ1n) is 6.14. The minimum absolute atomic E-state index is 0.0127. The Balaban J connectivity index is 2.55. The fourth-order valence-corrected chi connectivity index (χ4v) is 2.32. The van der Waals surface area contributed by atoms with E-state index >= 15 is 0 Å². The normalized spacial score (nSPS) is 10.9. The monoisotopic (exact) mass is 311 g/mol. The van der Waals surface area contributed by atoms with Crippen LogP contribution >= 0.6 is 23.2 Å². The van der Waals surface area contributed by atoms with E-state index in [0.717, 1.165) is 5.69 Å². The second-order valence-electron chi connectivity index (χ2n) is 4.68. The van der Waals surface area contributed by atoms with Crippen molar-refractivity contribution in [2.75, 3.05) is 5.73 Å². The molecule has 0 aliphatic carbocycles. The zero-order valence-electron chi connectivity index (χ0n) is 11.4. The van der Waals surface area contributed by atoms with Crippen molar-refractivity contribution in [3.8, 4) is 17.0 Å². The lowest BCUT2D eigenvalue weighted by Gasteiger charge is -2.14. The van der Waals surface area contributed by atoms with Gasteiger partial charge in [0.15, 0.2) is 0 Å². The number of nitrogen functional groups attached to an aromatic ring is 1. The molecule has 4 nitrogen and oxygen atoms in total. The lowest BCUT2D eigenvalue weighted by Crippen LogP contribution is -2.06. The van der Waals surface area contributed by atoms with Crippen molar-refractivity contribution >= 4 is 29.2 Å². The minimum Gasteiger partial charge on any atom is -0.489 e. The fourth-order valence-electron chi connectivity index (χ4n) is 1.80. The molecule has 0 aliphatic heterocycles. The quantitative estimate of drug-likeness (QED) is 0.925. The first-order valence-corrected chi connectivity index (χ1v) is 6.89. The predicted molar refractivity (Wildman–Crippen MR) is 82.4 cm³/mol. The van der Waals surface area contributed by atoms with Crippen molar-refractivity contribution in [3.05, 3.63) is 33.9 Å². The predicted octanol–water partition coefficient (Wildman–Crippen LogP) is 4.13. The van der Waals surface area contributed by atoms with Gasteiger partial charge in [-0.15, -0.1) is 0 Å². The number of nitrogens with two attached hydrogens (primary N) is 1. The summed E-state index contributed by atoms with van der Waals surface area (Å²) in [7, 11) is 0. The van der Waals surface area contributed by atoms with Gasteiger partial charge in [-0.1, -0.05) is 23.2 Å². The Hall–Kier alpha value is -1.52. The van der Waals surface area contributed by atoms with Gasteiger partial charge in [-0.05, 0) is 39.0 Å². The summed E-state index contributed by atoms with van der Waals surface area (Å²) < 4.78 is 5.66. The maximum Gasteiger partial charge on any atom is 0.220 e. The summed E-state index contributed by atoms with van der Waals surface area (Å²) in [6.45, 7) is 5.70. The van der Waals surface area contributed by atoms with Crippen molar-refractivity contribution in [1.82, 2.24) is 9.97 Å². The van der Waals surface area contributed by atoms with Gasteiger partial charge in [0.2, 0.25) is 5.95 Å². The van der Waals surface area contributed by atoms with Crippen molar-refractivity contribution in [3.63, 3.8) is 0 Å². The number of rotatable bonds is 3.